The molecule has 2 aliphatic rings. The predicted molar refractivity (Wildman–Crippen MR) is 120 cm³/mol. The number of fused-ring (bicyclic) bond motifs is 1. The molecule has 3 heterocycles. The molecule has 0 saturated carbocycles. The summed E-state index contributed by atoms with van der Waals surface area (Å²) < 4.78 is 0. The Labute approximate surface area is 173 Å². The molecule has 1 fully saturated rings. The van der Waals surface area contributed by atoms with E-state index < -0.39 is 0 Å². The molecule has 28 heavy (non-hydrogen) atoms. The van der Waals surface area contributed by atoms with Crippen molar-refractivity contribution in [2.24, 2.45) is 4.99 Å². The van der Waals surface area contributed by atoms with Gasteiger partial charge in [0.1, 0.15) is 6.04 Å². The van der Waals surface area contributed by atoms with Crippen molar-refractivity contribution in [1.82, 2.24) is 9.88 Å². The van der Waals surface area contributed by atoms with Gasteiger partial charge in [-0.1, -0.05) is 30.8 Å². The van der Waals surface area contributed by atoms with Gasteiger partial charge < -0.3 is 9.80 Å². The molecular formula is C23H30N4S. The lowest BCUT2D eigenvalue weighted by Gasteiger charge is -2.33. The Morgan fingerprint density at radius 1 is 1.14 bits per heavy atom. The standard InChI is InChI=1S/C23H30N4S/c1-5-17-15-28-23-25-21(20-10-8-9-13-24-20)22(27(17)23)19-12-11-18(14-16(19)4)26(6-2)7-3/h8-14,17,21-22H,5-7,15H2,1-4H3/t17-,21-,22+/m0/s1. The van der Waals surface area contributed by atoms with Crippen molar-refractivity contribution in [3.8, 4) is 0 Å². The van der Waals surface area contributed by atoms with Crippen LogP contribution in [0.5, 0.6) is 0 Å². The van der Waals surface area contributed by atoms with E-state index in [0.29, 0.717) is 6.04 Å². The van der Waals surface area contributed by atoms with Gasteiger partial charge in [0.05, 0.1) is 11.7 Å². The molecule has 1 aromatic heterocycles. The minimum Gasteiger partial charge on any atom is -0.372 e. The van der Waals surface area contributed by atoms with Crippen molar-refractivity contribution in [3.63, 3.8) is 0 Å². The van der Waals surface area contributed by atoms with Crippen molar-refractivity contribution < 1.29 is 0 Å². The van der Waals surface area contributed by atoms with Gasteiger partial charge in [0.2, 0.25) is 0 Å². The molecule has 4 nitrogen and oxygen atoms in total. The first-order chi connectivity index (χ1) is 13.7. The lowest BCUT2D eigenvalue weighted by atomic mass is 9.91. The average Bonchev–Trinajstić information content (AvgIpc) is 3.29. The maximum atomic E-state index is 5.14. The maximum absolute atomic E-state index is 5.14. The Kier molecular flexibility index (Phi) is 5.63. The Balaban J connectivity index is 1.76. The van der Waals surface area contributed by atoms with Crippen LogP contribution in [0.3, 0.4) is 0 Å². The highest BCUT2D eigenvalue weighted by Crippen LogP contribution is 2.49. The third-order valence-electron chi connectivity index (χ3n) is 6.03. The zero-order valence-corrected chi connectivity index (χ0v) is 18.1. The number of thioether (sulfide) groups is 1. The van der Waals surface area contributed by atoms with Gasteiger partial charge >= 0.3 is 0 Å². The Bertz CT molecular complexity index is 847. The van der Waals surface area contributed by atoms with Crippen LogP contribution < -0.4 is 4.90 Å². The van der Waals surface area contributed by atoms with E-state index in [1.54, 1.807) is 0 Å². The first-order valence-corrected chi connectivity index (χ1v) is 11.4. The van der Waals surface area contributed by atoms with Crippen LogP contribution >= 0.6 is 11.8 Å². The van der Waals surface area contributed by atoms with Crippen LogP contribution in [0.15, 0.2) is 47.6 Å². The lowest BCUT2D eigenvalue weighted by Crippen LogP contribution is -2.35. The minimum absolute atomic E-state index is 0.0658. The number of anilines is 1. The fraction of sp³-hybridized carbons (Fsp3) is 0.478. The van der Waals surface area contributed by atoms with Gasteiger partial charge in [0.15, 0.2) is 5.17 Å². The van der Waals surface area contributed by atoms with E-state index in [9.17, 15) is 0 Å². The van der Waals surface area contributed by atoms with Crippen molar-refractivity contribution in [1.29, 1.82) is 0 Å². The van der Waals surface area contributed by atoms with E-state index in [4.69, 9.17) is 4.99 Å². The fourth-order valence-electron chi connectivity index (χ4n) is 4.46. The van der Waals surface area contributed by atoms with Crippen molar-refractivity contribution >= 4 is 22.6 Å². The summed E-state index contributed by atoms with van der Waals surface area (Å²) in [7, 11) is 0. The van der Waals surface area contributed by atoms with E-state index in [-0.39, 0.29) is 12.1 Å². The summed E-state index contributed by atoms with van der Waals surface area (Å²) in [5, 5.41) is 1.19. The Morgan fingerprint density at radius 3 is 2.61 bits per heavy atom. The molecule has 3 atom stereocenters. The van der Waals surface area contributed by atoms with Crippen molar-refractivity contribution in [2.45, 2.75) is 52.2 Å². The van der Waals surface area contributed by atoms with E-state index in [2.05, 4.69) is 72.8 Å². The molecule has 4 rings (SSSR count). The zero-order valence-electron chi connectivity index (χ0n) is 17.3. The van der Waals surface area contributed by atoms with Crippen LogP contribution in [-0.4, -0.2) is 39.9 Å². The lowest BCUT2D eigenvalue weighted by molar-refractivity contribution is 0.254. The SMILES string of the molecule is CC[C@H]1CSC2=N[C@@H](c3ccccn3)[C@@H](c3ccc(N(CC)CC)cc3C)N21. The van der Waals surface area contributed by atoms with Crippen molar-refractivity contribution in [2.75, 3.05) is 23.7 Å². The molecule has 0 bridgehead atoms. The third kappa shape index (κ3) is 3.30. The fourth-order valence-corrected chi connectivity index (χ4v) is 5.80. The van der Waals surface area contributed by atoms with Gasteiger partial charge in [-0.25, -0.2) is 0 Å². The molecule has 2 aromatic rings. The van der Waals surface area contributed by atoms with Gasteiger partial charge in [0, 0.05) is 36.8 Å². The van der Waals surface area contributed by atoms with E-state index in [1.165, 1.54) is 22.0 Å². The molecule has 0 spiro atoms. The number of aliphatic imine (C=N–C) groups is 1. The monoisotopic (exact) mass is 394 g/mol. The van der Waals surface area contributed by atoms with E-state index >= 15 is 0 Å². The summed E-state index contributed by atoms with van der Waals surface area (Å²) in [4.78, 5) is 14.8. The summed E-state index contributed by atoms with van der Waals surface area (Å²) in [6, 6.07) is 14.0. The molecule has 0 N–H and O–H groups in total. The molecule has 5 heteroatoms. The van der Waals surface area contributed by atoms with Crippen LogP contribution in [0.4, 0.5) is 5.69 Å². The third-order valence-corrected chi connectivity index (χ3v) is 7.16. The highest BCUT2D eigenvalue weighted by atomic mass is 32.2. The second-order valence-corrected chi connectivity index (χ2v) is 8.54. The van der Waals surface area contributed by atoms with Crippen LogP contribution in [0.25, 0.3) is 0 Å². The first-order valence-electron chi connectivity index (χ1n) is 10.4. The smallest absolute Gasteiger partial charge is 0.160 e. The first kappa shape index (κ1) is 19.3. The van der Waals surface area contributed by atoms with E-state index in [1.807, 2.05) is 24.0 Å². The van der Waals surface area contributed by atoms with Gasteiger partial charge in [0.25, 0.3) is 0 Å². The highest BCUT2D eigenvalue weighted by Gasteiger charge is 2.45. The second-order valence-electron chi connectivity index (χ2n) is 7.55. The average molecular weight is 395 g/mol. The van der Waals surface area contributed by atoms with Gasteiger partial charge in [-0.15, -0.1) is 0 Å². The molecule has 148 valence electrons. The normalized spacial score (nSPS) is 23.6. The van der Waals surface area contributed by atoms with Crippen molar-refractivity contribution in [3.05, 3.63) is 59.4 Å². The molecule has 0 aliphatic carbocycles. The molecular weight excluding hydrogens is 364 g/mol. The number of benzene rings is 1. The van der Waals surface area contributed by atoms with E-state index in [0.717, 1.165) is 31.0 Å². The maximum Gasteiger partial charge on any atom is 0.160 e. The topological polar surface area (TPSA) is 31.7 Å². The number of amidine groups is 1. The van der Waals surface area contributed by atoms with Gasteiger partial charge in [-0.3, -0.25) is 9.98 Å². The number of aromatic nitrogens is 1. The van der Waals surface area contributed by atoms with Crippen LogP contribution in [-0.2, 0) is 0 Å². The molecule has 1 aromatic carbocycles. The van der Waals surface area contributed by atoms with Gasteiger partial charge in [-0.2, -0.15) is 0 Å². The number of nitrogens with zero attached hydrogens (tertiary/aromatic N) is 4. The Morgan fingerprint density at radius 2 is 1.96 bits per heavy atom. The van der Waals surface area contributed by atoms with Crippen LogP contribution in [0.1, 0.15) is 56.1 Å². The summed E-state index contributed by atoms with van der Waals surface area (Å²) in [5.41, 5.74) is 5.10. The van der Waals surface area contributed by atoms with Crippen LogP contribution in [0, 0.1) is 6.92 Å². The molecule has 2 aliphatic heterocycles. The number of hydrogen-bond donors (Lipinski definition) is 0. The predicted octanol–water partition coefficient (Wildman–Crippen LogP) is 5.22. The summed E-state index contributed by atoms with van der Waals surface area (Å²) in [5.74, 6) is 1.14. The summed E-state index contributed by atoms with van der Waals surface area (Å²) in [6.45, 7) is 11.0. The summed E-state index contributed by atoms with van der Waals surface area (Å²) in [6.07, 6.45) is 3.03. The number of aryl methyl sites for hydroxylation is 1. The number of rotatable bonds is 6. The molecule has 0 radical (unpaired) electrons. The quantitative estimate of drug-likeness (QED) is 0.673. The number of pyridine rings is 1. The Hall–Kier alpha value is -2.01. The van der Waals surface area contributed by atoms with Gasteiger partial charge in [-0.05, 0) is 62.6 Å². The minimum atomic E-state index is 0.0658. The molecule has 0 unspecified atom stereocenters. The summed E-state index contributed by atoms with van der Waals surface area (Å²) >= 11 is 1.90. The van der Waals surface area contributed by atoms with Crippen LogP contribution in [0.2, 0.25) is 0 Å². The largest absolute Gasteiger partial charge is 0.372 e. The zero-order chi connectivity index (χ0) is 19.7. The number of hydrogen-bond acceptors (Lipinski definition) is 5. The highest BCUT2D eigenvalue weighted by molar-refractivity contribution is 8.14. The molecule has 1 saturated heterocycles. The second kappa shape index (κ2) is 8.16. The molecule has 0 amide bonds.